The number of hydrogen-bond acceptors (Lipinski definition) is 3. The van der Waals surface area contributed by atoms with Crippen molar-refractivity contribution in [3.63, 3.8) is 0 Å². The summed E-state index contributed by atoms with van der Waals surface area (Å²) in [5, 5.41) is 9.28. The number of aliphatic hydroxyl groups excluding tert-OH is 1. The van der Waals surface area contributed by atoms with Crippen molar-refractivity contribution in [3.8, 4) is 0 Å². The first kappa shape index (κ1) is 10.6. The summed E-state index contributed by atoms with van der Waals surface area (Å²) in [4.78, 5) is 0. The second kappa shape index (κ2) is 3.89. The zero-order chi connectivity index (χ0) is 10.9. The average molecular weight is 271 g/mol. The fraction of sp³-hybridized carbons (Fsp3) is 0.273. The van der Waals surface area contributed by atoms with E-state index in [1.807, 2.05) is 0 Å². The quantitative estimate of drug-likeness (QED) is 0.810. The fourth-order valence-corrected chi connectivity index (χ4v) is 4.88. The van der Waals surface area contributed by atoms with E-state index >= 15 is 0 Å². The van der Waals surface area contributed by atoms with Crippen LogP contribution in [0.15, 0.2) is 40.9 Å². The molecule has 1 aliphatic carbocycles. The van der Waals surface area contributed by atoms with Crippen molar-refractivity contribution >= 4 is 17.2 Å². The molecule has 1 aliphatic rings. The summed E-state index contributed by atoms with van der Waals surface area (Å²) < 4.78 is 24.9. The molecule has 0 spiro atoms. The Kier molecular flexibility index (Phi) is 2.74. The van der Waals surface area contributed by atoms with Crippen LogP contribution in [0.25, 0.3) is 0 Å². The van der Waals surface area contributed by atoms with Crippen LogP contribution in [0.5, 0.6) is 0 Å². The molecule has 0 bridgehead atoms. The number of rotatable bonds is 2. The minimum atomic E-state index is -4.18. The van der Waals surface area contributed by atoms with E-state index in [9.17, 15) is 12.8 Å². The van der Waals surface area contributed by atoms with E-state index in [2.05, 4.69) is 0 Å². The van der Waals surface area contributed by atoms with Gasteiger partial charge >= 0.3 is 89.8 Å². The molecule has 1 aromatic carbocycles. The summed E-state index contributed by atoms with van der Waals surface area (Å²) in [7, 11) is 0. The van der Waals surface area contributed by atoms with E-state index in [4.69, 9.17) is 0 Å². The second-order valence-electron chi connectivity index (χ2n) is 3.56. The van der Waals surface area contributed by atoms with Crippen molar-refractivity contribution in [2.45, 2.75) is 18.9 Å². The molecule has 1 unspecified atom stereocenters. The van der Waals surface area contributed by atoms with Crippen LogP contribution in [0.4, 0.5) is 0 Å². The molecule has 0 saturated carbocycles. The van der Waals surface area contributed by atoms with E-state index in [1.54, 1.807) is 30.3 Å². The van der Waals surface area contributed by atoms with Crippen molar-refractivity contribution in [3.05, 3.63) is 40.9 Å². The van der Waals surface area contributed by atoms with E-state index in [1.165, 1.54) is 6.08 Å². The first-order valence-electron chi connectivity index (χ1n) is 4.79. The molecule has 2 rings (SSSR count). The molecule has 0 aliphatic heterocycles. The molecule has 15 heavy (non-hydrogen) atoms. The molecule has 1 N–H and O–H groups in total. The number of allylic oxidation sites excluding steroid dienone is 1. The van der Waals surface area contributed by atoms with Gasteiger partial charge in [-0.05, 0) is 0 Å². The number of aliphatic hydroxyl groups is 1. The normalized spacial score (nSPS) is 21.4. The third-order valence-corrected chi connectivity index (χ3v) is 6.50. The van der Waals surface area contributed by atoms with E-state index in [-0.39, 0.29) is 0 Å². The predicted octanol–water partition coefficient (Wildman–Crippen LogP) is 0.817. The number of hydrogen-bond donors (Lipinski definition) is 1. The monoisotopic (exact) mass is 272 g/mol. The molecule has 0 heterocycles. The zero-order valence-electron chi connectivity index (χ0n) is 8.13. The van der Waals surface area contributed by atoms with Gasteiger partial charge in [0.15, 0.2) is 0 Å². The first-order chi connectivity index (χ1) is 7.10. The van der Waals surface area contributed by atoms with E-state index in [0.29, 0.717) is 21.8 Å². The van der Waals surface area contributed by atoms with Gasteiger partial charge in [0.1, 0.15) is 0 Å². The molecule has 1 aromatic rings. The van der Waals surface area contributed by atoms with Gasteiger partial charge in [-0.2, -0.15) is 0 Å². The van der Waals surface area contributed by atoms with Crippen LogP contribution in [0.3, 0.4) is 0 Å². The minimum absolute atomic E-state index is 0.370. The Labute approximate surface area is 90.1 Å². The van der Waals surface area contributed by atoms with Gasteiger partial charge in [-0.3, -0.25) is 0 Å². The van der Waals surface area contributed by atoms with Crippen LogP contribution in [-0.2, 0) is 7.67 Å². The molecule has 1 atom stereocenters. The van der Waals surface area contributed by atoms with Crippen LogP contribution < -0.4 is 4.46 Å². The second-order valence-corrected chi connectivity index (χ2v) is 7.76. The van der Waals surface area contributed by atoms with Gasteiger partial charge in [-0.25, -0.2) is 0 Å². The summed E-state index contributed by atoms with van der Waals surface area (Å²) >= 11 is -4.18. The predicted molar refractivity (Wildman–Crippen MR) is 56.5 cm³/mol. The van der Waals surface area contributed by atoms with Gasteiger partial charge < -0.3 is 0 Å². The van der Waals surface area contributed by atoms with Gasteiger partial charge in [0, 0.05) is 0 Å². The Hall–Kier alpha value is -0.961. The van der Waals surface area contributed by atoms with Crippen LogP contribution in [-0.4, -0.2) is 23.9 Å². The van der Waals surface area contributed by atoms with Crippen LogP contribution in [0, 0.1) is 0 Å². The van der Waals surface area contributed by atoms with Gasteiger partial charge in [-0.15, -0.1) is 0 Å². The Morgan fingerprint density at radius 1 is 1.20 bits per heavy atom. The zero-order valence-corrected chi connectivity index (χ0v) is 9.84. The van der Waals surface area contributed by atoms with Crippen LogP contribution in [0.2, 0.25) is 0 Å². The average Bonchev–Trinajstić information content (AvgIpc) is 2.67. The fourth-order valence-electron chi connectivity index (χ4n) is 1.65. The van der Waals surface area contributed by atoms with Gasteiger partial charge in [0.2, 0.25) is 0 Å². The third-order valence-electron chi connectivity index (χ3n) is 2.46. The van der Waals surface area contributed by atoms with Crippen molar-refractivity contribution < 1.29 is 12.8 Å². The first-order valence-corrected chi connectivity index (χ1v) is 7.91. The van der Waals surface area contributed by atoms with Gasteiger partial charge in [0.05, 0.1) is 0 Å². The molecular weight excluding hydrogens is 259 g/mol. The molecule has 0 aromatic heterocycles. The summed E-state index contributed by atoms with van der Waals surface area (Å²) in [5.74, 6) is 0. The van der Waals surface area contributed by atoms with Crippen molar-refractivity contribution in [2.24, 2.45) is 0 Å². The Bertz CT molecular complexity index is 474. The van der Waals surface area contributed by atoms with Crippen molar-refractivity contribution in [2.75, 3.05) is 0 Å². The molecule has 0 amide bonds. The van der Waals surface area contributed by atoms with Gasteiger partial charge in [-0.1, -0.05) is 0 Å². The van der Waals surface area contributed by atoms with Crippen LogP contribution in [0.1, 0.15) is 12.8 Å². The third kappa shape index (κ3) is 2.02. The molecule has 80 valence electrons. The maximum atomic E-state index is 12.1. The Balaban J connectivity index is 2.41. The van der Waals surface area contributed by atoms with Crippen LogP contribution >= 0.6 is 0 Å². The molecule has 0 saturated heterocycles. The molecule has 4 heteroatoms. The number of benzene rings is 1. The molecule has 0 fully saturated rings. The Morgan fingerprint density at radius 3 is 2.40 bits per heavy atom. The Morgan fingerprint density at radius 2 is 1.87 bits per heavy atom. The summed E-state index contributed by atoms with van der Waals surface area (Å²) in [6.07, 6.45) is 1.85. The van der Waals surface area contributed by atoms with Crippen molar-refractivity contribution in [1.82, 2.24) is 0 Å². The van der Waals surface area contributed by atoms with E-state index < -0.39 is 18.8 Å². The summed E-state index contributed by atoms with van der Waals surface area (Å²) in [6.45, 7) is 0. The molecule has 3 nitrogen and oxygen atoms in total. The van der Waals surface area contributed by atoms with Crippen molar-refractivity contribution in [1.29, 1.82) is 0 Å². The SMILES string of the molecule is O=[Se](=O)(C1=CC(O)CC1)c1ccccc1. The summed E-state index contributed by atoms with van der Waals surface area (Å²) in [5.41, 5.74) is 0. The summed E-state index contributed by atoms with van der Waals surface area (Å²) in [6, 6.07) is 8.41. The maximum absolute atomic E-state index is 12.1. The molecule has 0 radical (unpaired) electrons. The van der Waals surface area contributed by atoms with E-state index in [0.717, 1.165) is 0 Å². The van der Waals surface area contributed by atoms with Gasteiger partial charge in [0.25, 0.3) is 0 Å². The topological polar surface area (TPSA) is 54.4 Å². The standard InChI is InChI=1S/C11H12O3Se/c12-9-6-7-11(8-9)15(13,14)10-4-2-1-3-5-10/h1-5,8-9,12H,6-7H2. The molecular formula is C11H12O3Se.